The van der Waals surface area contributed by atoms with Crippen molar-refractivity contribution in [3.05, 3.63) is 22.8 Å². The Labute approximate surface area is 144 Å². The second kappa shape index (κ2) is 6.24. The maximum atomic E-state index is 10.7. The van der Waals surface area contributed by atoms with E-state index in [9.17, 15) is 20.4 Å². The molecule has 1 saturated carbocycles. The number of hydrogen-bond donors (Lipinski definition) is 4. The molecule has 0 heterocycles. The van der Waals surface area contributed by atoms with E-state index in [4.69, 9.17) is 0 Å². The van der Waals surface area contributed by atoms with E-state index < -0.39 is 12.2 Å². The van der Waals surface area contributed by atoms with Crippen molar-refractivity contribution in [1.29, 1.82) is 0 Å². The summed E-state index contributed by atoms with van der Waals surface area (Å²) in [5.41, 5.74) is 2.88. The van der Waals surface area contributed by atoms with Crippen molar-refractivity contribution in [2.45, 2.75) is 65.1 Å². The fraction of sp³-hybridized carbons (Fsp3) is 0.800. The Balaban J connectivity index is 2.14. The van der Waals surface area contributed by atoms with Crippen LogP contribution in [-0.2, 0) is 0 Å². The van der Waals surface area contributed by atoms with Gasteiger partial charge in [-0.1, -0.05) is 26.8 Å². The zero-order valence-electron chi connectivity index (χ0n) is 15.1. The van der Waals surface area contributed by atoms with Crippen LogP contribution in [0.1, 0.15) is 52.9 Å². The summed E-state index contributed by atoms with van der Waals surface area (Å²) in [4.78, 5) is 0. The summed E-state index contributed by atoms with van der Waals surface area (Å²) in [6.45, 7) is 6.44. The molecule has 0 saturated heterocycles. The molecule has 0 aliphatic heterocycles. The highest BCUT2D eigenvalue weighted by molar-refractivity contribution is 5.44. The molecule has 0 spiro atoms. The fourth-order valence-electron chi connectivity index (χ4n) is 5.71. The van der Waals surface area contributed by atoms with Gasteiger partial charge in [-0.15, -0.1) is 0 Å². The maximum Gasteiger partial charge on any atom is 0.102 e. The van der Waals surface area contributed by atoms with E-state index in [-0.39, 0.29) is 35.9 Å². The second-order valence-corrected chi connectivity index (χ2v) is 8.73. The van der Waals surface area contributed by atoms with Crippen LogP contribution in [-0.4, -0.2) is 45.8 Å². The van der Waals surface area contributed by atoms with E-state index in [1.54, 1.807) is 0 Å². The van der Waals surface area contributed by atoms with Crippen molar-refractivity contribution in [2.75, 3.05) is 13.2 Å². The van der Waals surface area contributed by atoms with E-state index in [1.165, 1.54) is 5.57 Å². The Bertz CT molecular complexity index is 566. The molecular weight excluding hydrogens is 304 g/mol. The molecule has 3 aliphatic rings. The molecule has 0 aromatic rings. The van der Waals surface area contributed by atoms with Crippen LogP contribution in [0.3, 0.4) is 0 Å². The van der Waals surface area contributed by atoms with Crippen LogP contribution in [0.5, 0.6) is 0 Å². The van der Waals surface area contributed by atoms with Crippen molar-refractivity contribution < 1.29 is 20.4 Å². The van der Waals surface area contributed by atoms with Crippen LogP contribution in [0, 0.1) is 22.7 Å². The number of rotatable bonds is 3. The van der Waals surface area contributed by atoms with Gasteiger partial charge in [-0.05, 0) is 65.6 Å². The lowest BCUT2D eigenvalue weighted by atomic mass is 9.65. The van der Waals surface area contributed by atoms with Crippen molar-refractivity contribution in [1.82, 2.24) is 0 Å². The molecule has 1 fully saturated rings. The van der Waals surface area contributed by atoms with Crippen LogP contribution in [0.25, 0.3) is 0 Å². The normalized spacial score (nSPS) is 43.8. The Morgan fingerprint density at radius 3 is 2.50 bits per heavy atom. The zero-order chi connectivity index (χ0) is 17.7. The predicted molar refractivity (Wildman–Crippen MR) is 93.2 cm³/mol. The lowest BCUT2D eigenvalue weighted by Gasteiger charge is -2.39. The number of allylic oxidation sites excluding steroid dienone is 2. The molecule has 4 nitrogen and oxygen atoms in total. The summed E-state index contributed by atoms with van der Waals surface area (Å²) >= 11 is 0. The fourth-order valence-corrected chi connectivity index (χ4v) is 5.71. The minimum atomic E-state index is -0.884. The first-order valence-corrected chi connectivity index (χ1v) is 9.31. The molecule has 0 radical (unpaired) electrons. The van der Waals surface area contributed by atoms with E-state index in [2.05, 4.69) is 19.9 Å². The van der Waals surface area contributed by atoms with Crippen LogP contribution in [0.4, 0.5) is 0 Å². The quantitative estimate of drug-likeness (QED) is 0.637. The van der Waals surface area contributed by atoms with E-state index in [0.717, 1.165) is 43.3 Å². The van der Waals surface area contributed by atoms with Gasteiger partial charge in [-0.25, -0.2) is 0 Å². The van der Waals surface area contributed by atoms with Gasteiger partial charge < -0.3 is 20.4 Å². The van der Waals surface area contributed by atoms with Gasteiger partial charge in [-0.2, -0.15) is 0 Å². The molecule has 0 aromatic carbocycles. The first-order chi connectivity index (χ1) is 11.3. The molecular formula is C20H32O4. The molecule has 3 aliphatic carbocycles. The third-order valence-electron chi connectivity index (χ3n) is 7.23. The van der Waals surface area contributed by atoms with Gasteiger partial charge in [0.1, 0.15) is 6.10 Å². The first-order valence-electron chi connectivity index (χ1n) is 9.31. The van der Waals surface area contributed by atoms with Gasteiger partial charge >= 0.3 is 0 Å². The summed E-state index contributed by atoms with van der Waals surface area (Å²) in [6.07, 6.45) is 5.35. The number of hydrogen-bond acceptors (Lipinski definition) is 4. The van der Waals surface area contributed by atoms with E-state index in [1.807, 2.05) is 6.92 Å². The average Bonchev–Trinajstić information content (AvgIpc) is 2.67. The van der Waals surface area contributed by atoms with Gasteiger partial charge in [0.2, 0.25) is 0 Å². The van der Waals surface area contributed by atoms with Gasteiger partial charge in [0.25, 0.3) is 0 Å². The summed E-state index contributed by atoms with van der Waals surface area (Å²) < 4.78 is 0. The highest BCUT2D eigenvalue weighted by Crippen LogP contribution is 2.59. The Morgan fingerprint density at radius 2 is 1.88 bits per heavy atom. The molecule has 0 aromatic heterocycles. The SMILES string of the molecule is C[C@@H](CO)[C@H]1[C@@H](O)[C@@H](O)C2=CC3=C(CO)CCC[C@@]3(C)CC[C@@]21C. The van der Waals surface area contributed by atoms with Crippen LogP contribution in [0.15, 0.2) is 22.8 Å². The number of aliphatic hydroxyl groups is 4. The molecule has 4 heteroatoms. The zero-order valence-corrected chi connectivity index (χ0v) is 15.1. The molecule has 24 heavy (non-hydrogen) atoms. The molecule has 136 valence electrons. The maximum absolute atomic E-state index is 10.7. The number of fused-ring (bicyclic) bond motifs is 2. The minimum absolute atomic E-state index is 0.0131. The Morgan fingerprint density at radius 1 is 1.17 bits per heavy atom. The summed E-state index contributed by atoms with van der Waals surface area (Å²) in [5.74, 6) is -0.213. The summed E-state index contributed by atoms with van der Waals surface area (Å²) in [5, 5.41) is 40.9. The third kappa shape index (κ3) is 2.50. The monoisotopic (exact) mass is 336 g/mol. The second-order valence-electron chi connectivity index (χ2n) is 8.73. The smallest absolute Gasteiger partial charge is 0.102 e. The predicted octanol–water partition coefficient (Wildman–Crippen LogP) is 2.17. The molecule has 0 amide bonds. The summed E-state index contributed by atoms with van der Waals surface area (Å²) in [7, 11) is 0. The summed E-state index contributed by atoms with van der Waals surface area (Å²) in [6, 6.07) is 0. The molecule has 0 bridgehead atoms. The van der Waals surface area contributed by atoms with Crippen molar-refractivity contribution >= 4 is 0 Å². The molecule has 0 unspecified atom stereocenters. The lowest BCUT2D eigenvalue weighted by Crippen LogP contribution is -2.37. The molecule has 3 rings (SSSR count). The third-order valence-corrected chi connectivity index (χ3v) is 7.23. The topological polar surface area (TPSA) is 80.9 Å². The standard InChI is InChI=1S/C20H32O4/c1-12(10-21)16-18(24)17(23)15-9-14-13(11-22)5-4-6-19(14,2)7-8-20(15,16)3/h9,12,16-18,21-24H,4-8,10-11H2,1-3H3/t12-,16-,17-,18+,19-,20-/m0/s1. The van der Waals surface area contributed by atoms with Gasteiger partial charge in [0, 0.05) is 12.5 Å². The highest BCUT2D eigenvalue weighted by atomic mass is 16.3. The van der Waals surface area contributed by atoms with E-state index >= 15 is 0 Å². The lowest BCUT2D eigenvalue weighted by molar-refractivity contribution is -0.0158. The largest absolute Gasteiger partial charge is 0.396 e. The average molecular weight is 336 g/mol. The molecule has 4 N–H and O–H groups in total. The van der Waals surface area contributed by atoms with Crippen LogP contribution >= 0.6 is 0 Å². The van der Waals surface area contributed by atoms with Crippen LogP contribution in [0.2, 0.25) is 0 Å². The molecule has 6 atom stereocenters. The van der Waals surface area contributed by atoms with Gasteiger partial charge in [0.15, 0.2) is 0 Å². The van der Waals surface area contributed by atoms with Crippen molar-refractivity contribution in [3.8, 4) is 0 Å². The Kier molecular flexibility index (Phi) is 4.71. The van der Waals surface area contributed by atoms with Gasteiger partial charge in [0.05, 0.1) is 12.7 Å². The Hall–Kier alpha value is -0.680. The van der Waals surface area contributed by atoms with Gasteiger partial charge in [-0.3, -0.25) is 0 Å². The highest BCUT2D eigenvalue weighted by Gasteiger charge is 2.56. The van der Waals surface area contributed by atoms with Crippen molar-refractivity contribution in [3.63, 3.8) is 0 Å². The minimum Gasteiger partial charge on any atom is -0.396 e. The number of aliphatic hydroxyl groups excluding tert-OH is 4. The van der Waals surface area contributed by atoms with Crippen molar-refractivity contribution in [2.24, 2.45) is 22.7 Å². The van der Waals surface area contributed by atoms with Crippen LogP contribution < -0.4 is 0 Å². The first kappa shape index (κ1) is 18.1. The van der Waals surface area contributed by atoms with E-state index in [0.29, 0.717) is 0 Å².